The summed E-state index contributed by atoms with van der Waals surface area (Å²) in [6, 6.07) is 40.2. The van der Waals surface area contributed by atoms with Gasteiger partial charge < -0.3 is 39.7 Å². The SMILES string of the molecule is CCC(C)(C)C(=O)OC(C)c1c(C)cc(C)cc1C.CCC(C)(C)C(=O)OC(C)c1c(CO)cccc1CO.CCC(C)(C)C(=O)OC(C)c1ccc(C(C)C)cc1.CCC(C)c1ccc(O)cc1.CCC(C)c1ccc(O)cc1.CCC(C)c1ccc(O)cc1. The van der Waals surface area contributed by atoms with Crippen molar-refractivity contribution in [2.75, 3.05) is 0 Å². The van der Waals surface area contributed by atoms with E-state index in [0.717, 1.165) is 43.2 Å². The molecule has 0 aliphatic rings. The van der Waals surface area contributed by atoms with Gasteiger partial charge in [0.1, 0.15) is 35.6 Å². The van der Waals surface area contributed by atoms with E-state index in [0.29, 0.717) is 64.0 Å². The zero-order valence-electron chi connectivity index (χ0n) is 60.0. The van der Waals surface area contributed by atoms with E-state index in [1.807, 2.05) is 125 Å². The zero-order chi connectivity index (χ0) is 69.6. The first kappa shape index (κ1) is 82.1. The maximum atomic E-state index is 12.1. The summed E-state index contributed by atoms with van der Waals surface area (Å²) in [5.41, 5.74) is 11.7. The van der Waals surface area contributed by atoms with Gasteiger partial charge in [0.15, 0.2) is 0 Å². The highest BCUT2D eigenvalue weighted by molar-refractivity contribution is 5.77. The Morgan fingerprint density at radius 3 is 0.912 bits per heavy atom. The highest BCUT2D eigenvalue weighted by Crippen LogP contribution is 2.33. The van der Waals surface area contributed by atoms with E-state index in [-0.39, 0.29) is 43.3 Å². The molecule has 0 saturated carbocycles. The van der Waals surface area contributed by atoms with Crippen LogP contribution in [0.4, 0.5) is 0 Å². The van der Waals surface area contributed by atoms with Crippen molar-refractivity contribution in [3.63, 3.8) is 0 Å². The van der Waals surface area contributed by atoms with Gasteiger partial charge in [-0.15, -0.1) is 0 Å². The van der Waals surface area contributed by atoms with Crippen LogP contribution in [-0.4, -0.2) is 43.4 Å². The number of hydrogen-bond donors (Lipinski definition) is 5. The molecule has 0 fully saturated rings. The molecule has 91 heavy (non-hydrogen) atoms. The van der Waals surface area contributed by atoms with Crippen LogP contribution in [0.2, 0.25) is 0 Å². The largest absolute Gasteiger partial charge is 0.508 e. The van der Waals surface area contributed by atoms with Crippen molar-refractivity contribution in [1.82, 2.24) is 0 Å². The van der Waals surface area contributed by atoms with Gasteiger partial charge in [0.2, 0.25) is 0 Å². The lowest BCUT2D eigenvalue weighted by Crippen LogP contribution is -2.27. The van der Waals surface area contributed by atoms with E-state index in [1.165, 1.54) is 38.9 Å². The molecule has 6 aromatic carbocycles. The van der Waals surface area contributed by atoms with E-state index in [9.17, 15) is 24.6 Å². The Labute approximate surface area is 550 Å². The Bertz CT molecular complexity index is 2880. The van der Waals surface area contributed by atoms with E-state index in [1.54, 1.807) is 61.5 Å². The number of rotatable bonds is 21. The predicted octanol–water partition coefficient (Wildman–Crippen LogP) is 20.9. The number of benzene rings is 6. The number of carbonyl (C=O) groups is 3. The van der Waals surface area contributed by atoms with Crippen molar-refractivity contribution in [3.05, 3.63) is 194 Å². The number of aliphatic hydroxyl groups excluding tert-OH is 2. The quantitative estimate of drug-likeness (QED) is 0.0342. The highest BCUT2D eigenvalue weighted by atomic mass is 16.6. The average Bonchev–Trinajstić information content (AvgIpc) is 1.05. The summed E-state index contributed by atoms with van der Waals surface area (Å²) in [5, 5.41) is 45.8. The lowest BCUT2D eigenvalue weighted by Gasteiger charge is -2.25. The molecule has 0 aliphatic carbocycles. The molecule has 0 spiro atoms. The molecule has 0 saturated heterocycles. The summed E-state index contributed by atoms with van der Waals surface area (Å²) in [6.07, 6.45) is 4.79. The molecule has 6 rings (SSSR count). The second-order valence-corrected chi connectivity index (χ2v) is 26.5. The third kappa shape index (κ3) is 27.8. The van der Waals surface area contributed by atoms with Gasteiger partial charge in [-0.1, -0.05) is 173 Å². The molecule has 6 aromatic rings. The lowest BCUT2D eigenvalue weighted by atomic mass is 9.90. The third-order valence-electron chi connectivity index (χ3n) is 17.6. The fraction of sp³-hybridized carbons (Fsp3) is 0.512. The number of aromatic hydroxyl groups is 3. The number of carbonyl (C=O) groups excluding carboxylic acids is 3. The molecule has 0 heterocycles. The number of aliphatic hydroxyl groups is 2. The number of phenolic OH excluding ortho intramolecular Hbond substituents is 3. The summed E-state index contributed by atoms with van der Waals surface area (Å²) in [7, 11) is 0. The van der Waals surface area contributed by atoms with Crippen LogP contribution in [-0.2, 0) is 41.8 Å². The molecule has 0 bridgehead atoms. The van der Waals surface area contributed by atoms with Crippen LogP contribution in [0.3, 0.4) is 0 Å². The monoisotopic (exact) mass is 1250 g/mol. The van der Waals surface area contributed by atoms with Crippen LogP contribution in [0.25, 0.3) is 0 Å². The Morgan fingerprint density at radius 1 is 0.385 bits per heavy atom. The van der Waals surface area contributed by atoms with Gasteiger partial charge in [0, 0.05) is 5.56 Å². The minimum Gasteiger partial charge on any atom is -0.508 e. The minimum atomic E-state index is -0.540. The van der Waals surface area contributed by atoms with Crippen molar-refractivity contribution >= 4 is 17.9 Å². The maximum Gasteiger partial charge on any atom is 0.312 e. The number of ether oxygens (including phenoxy) is 3. The third-order valence-corrected chi connectivity index (χ3v) is 17.6. The molecular formula is C80H118O11. The summed E-state index contributed by atoms with van der Waals surface area (Å²) in [6.45, 7) is 46.3. The second-order valence-electron chi connectivity index (χ2n) is 26.5. The van der Waals surface area contributed by atoms with Crippen molar-refractivity contribution < 1.29 is 54.1 Å². The highest BCUT2D eigenvalue weighted by Gasteiger charge is 2.32. The summed E-state index contributed by atoms with van der Waals surface area (Å²) < 4.78 is 16.7. The summed E-state index contributed by atoms with van der Waals surface area (Å²) >= 11 is 0. The Hall–Kier alpha value is -6.95. The van der Waals surface area contributed by atoms with Crippen LogP contribution in [0.15, 0.2) is 127 Å². The second kappa shape index (κ2) is 40.1. The van der Waals surface area contributed by atoms with Gasteiger partial charge >= 0.3 is 17.9 Å². The van der Waals surface area contributed by atoms with Crippen LogP contribution in [0.1, 0.15) is 286 Å². The zero-order valence-corrected chi connectivity index (χ0v) is 60.0. The fourth-order valence-corrected chi connectivity index (χ4v) is 9.14. The number of phenols is 3. The van der Waals surface area contributed by atoms with Gasteiger partial charge in [-0.2, -0.15) is 0 Å². The molecule has 11 heteroatoms. The van der Waals surface area contributed by atoms with Gasteiger partial charge in [-0.25, -0.2) is 0 Å². The molecule has 0 radical (unpaired) electrons. The van der Waals surface area contributed by atoms with Crippen molar-refractivity contribution in [2.24, 2.45) is 16.2 Å². The molecule has 0 amide bonds. The first-order valence-corrected chi connectivity index (χ1v) is 33.0. The van der Waals surface area contributed by atoms with E-state index >= 15 is 0 Å². The number of aryl methyl sites for hydroxylation is 3. The van der Waals surface area contributed by atoms with Gasteiger partial charge in [0.05, 0.1) is 29.5 Å². The minimum absolute atomic E-state index is 0.123. The molecule has 6 unspecified atom stereocenters. The topological polar surface area (TPSA) is 180 Å². The molecular weight excluding hydrogens is 1140 g/mol. The van der Waals surface area contributed by atoms with Gasteiger partial charge in [0.25, 0.3) is 0 Å². The molecule has 5 N–H and O–H groups in total. The lowest BCUT2D eigenvalue weighted by molar-refractivity contribution is -0.160. The van der Waals surface area contributed by atoms with Crippen molar-refractivity contribution in [1.29, 1.82) is 0 Å². The van der Waals surface area contributed by atoms with Crippen molar-refractivity contribution in [2.45, 2.75) is 253 Å². The van der Waals surface area contributed by atoms with Crippen LogP contribution < -0.4 is 0 Å². The first-order chi connectivity index (χ1) is 42.5. The molecule has 6 atom stereocenters. The van der Waals surface area contributed by atoms with Gasteiger partial charge in [-0.05, 0) is 237 Å². The number of hydrogen-bond acceptors (Lipinski definition) is 11. The van der Waals surface area contributed by atoms with Gasteiger partial charge in [-0.3, -0.25) is 14.4 Å². The molecule has 0 aliphatic heterocycles. The first-order valence-electron chi connectivity index (χ1n) is 33.0. The van der Waals surface area contributed by atoms with Crippen LogP contribution >= 0.6 is 0 Å². The average molecular weight is 1260 g/mol. The summed E-state index contributed by atoms with van der Waals surface area (Å²) in [5.74, 6) is 2.81. The fourth-order valence-electron chi connectivity index (χ4n) is 9.14. The maximum absolute atomic E-state index is 12.1. The molecule has 11 nitrogen and oxygen atoms in total. The van der Waals surface area contributed by atoms with E-state index in [4.69, 9.17) is 29.5 Å². The van der Waals surface area contributed by atoms with Crippen molar-refractivity contribution in [3.8, 4) is 17.2 Å². The summed E-state index contributed by atoms with van der Waals surface area (Å²) in [4.78, 5) is 36.3. The number of esters is 3. The van der Waals surface area contributed by atoms with Crippen LogP contribution in [0, 0.1) is 37.0 Å². The molecule has 504 valence electrons. The normalized spacial score (nSPS) is 13.1. The Kier molecular flexibility index (Phi) is 36.2. The smallest absolute Gasteiger partial charge is 0.312 e. The van der Waals surface area contributed by atoms with E-state index in [2.05, 4.69) is 100 Å². The Morgan fingerprint density at radius 2 is 0.648 bits per heavy atom. The Balaban J connectivity index is 0.000000556. The standard InChI is InChI=1S/2C17H26O2.C16H24O4.3C10H14O/c1-8-17(6,7)16(18)19-14(5)15-12(3)9-11(2)10-13(15)4;1-7-17(5,6)16(18)19-13(4)15-10-8-14(9-11-15)12(2)3;1-5-16(3,4)15(19)20-11(2)14-12(9-17)7-6-8-13(14)10-18;3*1-3-8(2)9-4-6-10(11)7-5-9/h9-10,14H,8H2,1-7H3;8-13H,7H2,1-6H3;6-8,11,17-18H,5,9-10H2,1-4H3;3*4-8,11H,3H2,1-2H3. The van der Waals surface area contributed by atoms with E-state index < -0.39 is 22.3 Å². The molecule has 0 aromatic heterocycles. The predicted molar refractivity (Wildman–Crippen MR) is 376 cm³/mol. The van der Waals surface area contributed by atoms with Crippen LogP contribution in [0.5, 0.6) is 17.2 Å².